The number of unbranched alkanes of at least 4 members (excludes halogenated alkanes) is 20. The fourth-order valence-electron chi connectivity index (χ4n) is 8.54. The molecule has 0 saturated heterocycles. The number of carbonyl (C=O) groups excluding carboxylic acids is 3. The van der Waals surface area contributed by atoms with E-state index in [1.54, 1.807) is 0 Å². The van der Waals surface area contributed by atoms with Crippen molar-refractivity contribution in [1.29, 1.82) is 0 Å². The Morgan fingerprint density at radius 3 is 1.05 bits per heavy atom. The number of quaternary nitrogens is 1. The van der Waals surface area contributed by atoms with Crippen molar-refractivity contribution in [3.05, 3.63) is 146 Å². The zero-order valence-electron chi connectivity index (χ0n) is 53.5. The monoisotopic (exact) mass is 1150 g/mol. The Morgan fingerprint density at radius 2 is 0.687 bits per heavy atom. The summed E-state index contributed by atoms with van der Waals surface area (Å²) in [6, 6.07) is 0. The Kier molecular flexibility index (Phi) is 59.5. The number of allylic oxidation sites excluding steroid dienone is 24. The summed E-state index contributed by atoms with van der Waals surface area (Å²) >= 11 is 0. The van der Waals surface area contributed by atoms with Gasteiger partial charge in [0.1, 0.15) is 13.2 Å². The number of carboxylic acid groups (broad SMARTS) is 1. The third-order valence-corrected chi connectivity index (χ3v) is 13.6. The van der Waals surface area contributed by atoms with E-state index in [0.29, 0.717) is 17.4 Å². The van der Waals surface area contributed by atoms with Gasteiger partial charge in [-0.15, -0.1) is 0 Å². The number of hydrogen-bond acceptors (Lipinski definition) is 8. The third-order valence-electron chi connectivity index (χ3n) is 13.6. The molecule has 2 unspecified atom stereocenters. The van der Waals surface area contributed by atoms with Gasteiger partial charge >= 0.3 is 11.9 Å². The number of ether oxygens (including phenoxy) is 4. The van der Waals surface area contributed by atoms with E-state index in [2.05, 4.69) is 160 Å². The summed E-state index contributed by atoms with van der Waals surface area (Å²) in [5.74, 6) is -2.36. The molecular weight excluding hydrogens is 1030 g/mol. The molecule has 2 atom stereocenters. The number of carboxylic acids is 1. The van der Waals surface area contributed by atoms with Gasteiger partial charge in [0, 0.05) is 12.8 Å². The molecule has 9 heteroatoms. The van der Waals surface area contributed by atoms with Crippen LogP contribution in [-0.2, 0) is 33.3 Å². The lowest BCUT2D eigenvalue weighted by Gasteiger charge is -2.26. The van der Waals surface area contributed by atoms with Crippen molar-refractivity contribution in [3.63, 3.8) is 0 Å². The first-order valence-corrected chi connectivity index (χ1v) is 33.0. The van der Waals surface area contributed by atoms with Gasteiger partial charge < -0.3 is 33.3 Å². The molecule has 9 nitrogen and oxygen atoms in total. The van der Waals surface area contributed by atoms with Gasteiger partial charge in [0.2, 0.25) is 0 Å². The van der Waals surface area contributed by atoms with Crippen LogP contribution in [0.2, 0.25) is 0 Å². The number of rotatable bonds is 59. The van der Waals surface area contributed by atoms with E-state index < -0.39 is 24.3 Å². The number of hydrogen-bond donors (Lipinski definition) is 0. The van der Waals surface area contributed by atoms with Crippen LogP contribution in [0, 0.1) is 0 Å². The zero-order valence-corrected chi connectivity index (χ0v) is 53.5. The van der Waals surface area contributed by atoms with Crippen molar-refractivity contribution in [2.75, 3.05) is 47.5 Å². The van der Waals surface area contributed by atoms with Crippen LogP contribution in [0.3, 0.4) is 0 Å². The van der Waals surface area contributed by atoms with Gasteiger partial charge in [0.15, 0.2) is 12.4 Å². The Labute approximate surface area is 509 Å². The second-order valence-electron chi connectivity index (χ2n) is 22.7. The van der Waals surface area contributed by atoms with E-state index in [1.165, 1.54) is 109 Å². The van der Waals surface area contributed by atoms with Gasteiger partial charge in [0.25, 0.3) is 0 Å². The fraction of sp³-hybridized carbons (Fsp3) is 0.635. The Morgan fingerprint density at radius 1 is 0.373 bits per heavy atom. The first kappa shape index (κ1) is 78.2. The van der Waals surface area contributed by atoms with Crippen LogP contribution in [0.5, 0.6) is 0 Å². The van der Waals surface area contributed by atoms with E-state index in [1.807, 2.05) is 21.1 Å². The highest BCUT2D eigenvalue weighted by Crippen LogP contribution is 2.15. The highest BCUT2D eigenvalue weighted by molar-refractivity contribution is 5.70. The topological polar surface area (TPSA) is 111 Å². The van der Waals surface area contributed by atoms with Crippen LogP contribution in [0.15, 0.2) is 146 Å². The number of nitrogens with zero attached hydrogens (tertiary/aromatic N) is 1. The maximum atomic E-state index is 12.9. The van der Waals surface area contributed by atoms with Crippen molar-refractivity contribution in [2.24, 2.45) is 0 Å². The predicted octanol–water partition coefficient (Wildman–Crippen LogP) is 19.0. The SMILES string of the molecule is CC/C=C\C/C=C\C/C=C\C/C=C\C/C=C\C/C=C\C/C=C\C/C=C\C/C=C\C/C=C\CCCCC(=O)OC(COC(=O)CCCCCCCCCCCCCCC/C=C\C/C=C\CCCCCCC)COC(OCC[N+](C)(C)C)C(=O)[O-]. The normalized spacial score (nSPS) is 13.7. The van der Waals surface area contributed by atoms with Gasteiger partial charge in [-0.1, -0.05) is 256 Å². The van der Waals surface area contributed by atoms with Gasteiger partial charge in [-0.05, 0) is 122 Å². The minimum atomic E-state index is -1.64. The van der Waals surface area contributed by atoms with E-state index in [-0.39, 0.29) is 38.6 Å². The summed E-state index contributed by atoms with van der Waals surface area (Å²) in [4.78, 5) is 37.4. The fourth-order valence-corrected chi connectivity index (χ4v) is 8.54. The second-order valence-corrected chi connectivity index (χ2v) is 22.7. The highest BCUT2D eigenvalue weighted by atomic mass is 16.7. The average Bonchev–Trinajstić information content (AvgIpc) is 3.46. The van der Waals surface area contributed by atoms with Crippen molar-refractivity contribution >= 4 is 17.9 Å². The summed E-state index contributed by atoms with van der Waals surface area (Å²) < 4.78 is 22.7. The maximum Gasteiger partial charge on any atom is 0.306 e. The van der Waals surface area contributed by atoms with Gasteiger partial charge in [-0.25, -0.2) is 0 Å². The zero-order chi connectivity index (χ0) is 60.5. The van der Waals surface area contributed by atoms with E-state index in [4.69, 9.17) is 18.9 Å². The largest absolute Gasteiger partial charge is 0.545 e. The first-order valence-electron chi connectivity index (χ1n) is 33.0. The van der Waals surface area contributed by atoms with Crippen LogP contribution in [0.25, 0.3) is 0 Å². The Balaban J connectivity index is 4.31. The molecule has 0 spiro atoms. The van der Waals surface area contributed by atoms with Crippen molar-refractivity contribution in [2.45, 2.75) is 257 Å². The molecule has 0 fully saturated rings. The molecule has 0 N–H and O–H groups in total. The number of aliphatic carboxylic acids is 1. The minimum absolute atomic E-state index is 0.131. The summed E-state index contributed by atoms with van der Waals surface area (Å²) in [7, 11) is 5.90. The summed E-state index contributed by atoms with van der Waals surface area (Å²) in [6.07, 6.45) is 89.1. The number of esters is 2. The summed E-state index contributed by atoms with van der Waals surface area (Å²) in [5, 5.41) is 11.8. The van der Waals surface area contributed by atoms with Crippen LogP contribution in [0.4, 0.5) is 0 Å². The molecule has 0 radical (unpaired) electrons. The van der Waals surface area contributed by atoms with Gasteiger partial charge in [0.05, 0.1) is 40.3 Å². The minimum Gasteiger partial charge on any atom is -0.545 e. The molecule has 0 aromatic carbocycles. The third kappa shape index (κ3) is 64.6. The Bertz CT molecular complexity index is 1870. The van der Waals surface area contributed by atoms with Crippen molar-refractivity contribution in [1.82, 2.24) is 0 Å². The lowest BCUT2D eigenvalue weighted by atomic mass is 10.0. The predicted molar refractivity (Wildman–Crippen MR) is 352 cm³/mol. The molecule has 0 bridgehead atoms. The molecule has 83 heavy (non-hydrogen) atoms. The molecule has 0 aliphatic rings. The van der Waals surface area contributed by atoms with E-state index in [9.17, 15) is 19.5 Å². The quantitative estimate of drug-likeness (QED) is 0.0195. The lowest BCUT2D eigenvalue weighted by molar-refractivity contribution is -0.870. The van der Waals surface area contributed by atoms with Crippen LogP contribution in [-0.4, -0.2) is 82.3 Å². The molecule has 0 aromatic heterocycles. The molecule has 0 amide bonds. The standard InChI is InChI=1S/C74H121NO8/c1-6-8-10-12-14-16-18-20-22-24-26-28-30-32-33-34-35-36-37-38-39-41-43-45-47-49-51-53-55-57-59-61-63-65-72(77)83-70(69-82-74(73(78)79)80-67-66-75(3,4)5)68-81-71(76)64-62-60-58-56-54-52-50-48-46-44-42-40-31-29-27-25-23-21-19-17-15-13-11-9-7-2/h8,10,14,16,19-22,25-28,32-33,35-36,38-39,43,45,49,51,55,57,70,74H,6-7,9,11-13,15,17-18,23-24,29-31,34,37,40-42,44,46-48,50,52-54,56,58-69H2,1-5H3/b10-8-,16-14-,21-19-,22-20-,27-25-,28-26-,33-32-,36-35-,39-38-,45-43-,51-49-,57-55-. The molecule has 0 aliphatic heterocycles. The maximum absolute atomic E-state index is 12.9. The summed E-state index contributed by atoms with van der Waals surface area (Å²) in [5.41, 5.74) is 0. The van der Waals surface area contributed by atoms with Crippen LogP contribution >= 0.6 is 0 Å². The molecular formula is C74H121NO8. The molecule has 0 aliphatic carbocycles. The van der Waals surface area contributed by atoms with Crippen molar-refractivity contribution < 1.29 is 42.9 Å². The first-order chi connectivity index (χ1) is 40.6. The highest BCUT2D eigenvalue weighted by Gasteiger charge is 2.22. The number of carbonyl (C=O) groups is 3. The van der Waals surface area contributed by atoms with Gasteiger partial charge in [-0.3, -0.25) is 9.59 Å². The van der Waals surface area contributed by atoms with Gasteiger partial charge in [-0.2, -0.15) is 0 Å². The average molecular weight is 1150 g/mol. The van der Waals surface area contributed by atoms with E-state index >= 15 is 0 Å². The molecule has 470 valence electrons. The lowest BCUT2D eigenvalue weighted by Crippen LogP contribution is -2.44. The van der Waals surface area contributed by atoms with Crippen molar-refractivity contribution in [3.8, 4) is 0 Å². The number of likely N-dealkylation sites (N-methyl/N-ethyl adjacent to an activating group) is 1. The van der Waals surface area contributed by atoms with Crippen LogP contribution < -0.4 is 5.11 Å². The smallest absolute Gasteiger partial charge is 0.306 e. The summed E-state index contributed by atoms with van der Waals surface area (Å²) in [6.45, 7) is 4.57. The molecule has 0 heterocycles. The second kappa shape index (κ2) is 63.2. The molecule has 0 rings (SSSR count). The molecule has 0 saturated carbocycles. The van der Waals surface area contributed by atoms with E-state index in [0.717, 1.165) is 103 Å². The van der Waals surface area contributed by atoms with Crippen LogP contribution in [0.1, 0.15) is 245 Å². The molecule has 0 aromatic rings. The Hall–Kier alpha value is -4.83.